The predicted molar refractivity (Wildman–Crippen MR) is 138 cm³/mol. The van der Waals surface area contributed by atoms with Gasteiger partial charge in [0.05, 0.1) is 5.75 Å². The summed E-state index contributed by atoms with van der Waals surface area (Å²) in [6, 6.07) is 29.9. The molecule has 0 saturated carbocycles. The fourth-order valence-electron chi connectivity index (χ4n) is 3.63. The molecule has 0 aliphatic heterocycles. The summed E-state index contributed by atoms with van der Waals surface area (Å²) in [6.07, 6.45) is 0. The molecule has 0 aliphatic carbocycles. The number of hydrogen-bond donors (Lipinski definition) is 0. The van der Waals surface area contributed by atoms with Crippen LogP contribution in [-0.4, -0.2) is 37.3 Å². The molecule has 0 unspecified atom stereocenters. The average molecular weight is 469 g/mol. The molecule has 5 nitrogen and oxygen atoms in total. The van der Waals surface area contributed by atoms with Crippen LogP contribution in [0.3, 0.4) is 0 Å². The maximum Gasteiger partial charge on any atom is 0.233 e. The molecular weight excluding hydrogens is 440 g/mol. The molecule has 172 valence electrons. The van der Waals surface area contributed by atoms with Crippen LogP contribution in [0.5, 0.6) is 0 Å². The minimum absolute atomic E-state index is 0.0401. The van der Waals surface area contributed by atoms with E-state index in [4.69, 9.17) is 4.98 Å². The van der Waals surface area contributed by atoms with Gasteiger partial charge >= 0.3 is 0 Å². The van der Waals surface area contributed by atoms with Crippen molar-refractivity contribution in [2.45, 2.75) is 38.0 Å². The molecule has 1 aromatic heterocycles. The third kappa shape index (κ3) is 5.88. The maximum atomic E-state index is 13.2. The second kappa shape index (κ2) is 10.6. The van der Waals surface area contributed by atoms with Gasteiger partial charge in [-0.1, -0.05) is 103 Å². The van der Waals surface area contributed by atoms with E-state index in [1.165, 1.54) is 11.8 Å². The molecule has 4 aromatic rings. The number of thioether (sulfide) groups is 1. The van der Waals surface area contributed by atoms with Gasteiger partial charge in [-0.3, -0.25) is 4.79 Å². The summed E-state index contributed by atoms with van der Waals surface area (Å²) in [5.74, 6) is 0.281. The molecule has 4 rings (SSSR count). The van der Waals surface area contributed by atoms with Crippen molar-refractivity contribution in [3.63, 3.8) is 0 Å². The van der Waals surface area contributed by atoms with Crippen LogP contribution in [0.1, 0.15) is 26.3 Å². The van der Waals surface area contributed by atoms with Gasteiger partial charge in [-0.2, -0.15) is 0 Å². The number of nitrogens with zero attached hydrogens (tertiary/aromatic N) is 4. The number of hydrogen-bond acceptors (Lipinski definition) is 5. The largest absolute Gasteiger partial charge is 0.333 e. The van der Waals surface area contributed by atoms with Crippen molar-refractivity contribution in [3.8, 4) is 22.5 Å². The first kappa shape index (κ1) is 23.6. The minimum atomic E-state index is -0.307. The number of rotatable bonds is 7. The summed E-state index contributed by atoms with van der Waals surface area (Å²) in [6.45, 7) is 6.72. The molecule has 34 heavy (non-hydrogen) atoms. The zero-order valence-corrected chi connectivity index (χ0v) is 20.5. The quantitative estimate of drug-likeness (QED) is 0.306. The van der Waals surface area contributed by atoms with Crippen LogP contribution in [0.2, 0.25) is 0 Å². The highest BCUT2D eigenvalue weighted by Gasteiger charge is 2.27. The Bertz CT molecular complexity index is 1230. The van der Waals surface area contributed by atoms with Gasteiger partial charge in [0.15, 0.2) is 0 Å². The molecule has 6 heteroatoms. The first-order valence-electron chi connectivity index (χ1n) is 11.2. The lowest BCUT2D eigenvalue weighted by atomic mass is 10.0. The van der Waals surface area contributed by atoms with Crippen LogP contribution < -0.4 is 0 Å². The van der Waals surface area contributed by atoms with Crippen LogP contribution in [0.4, 0.5) is 0 Å². The van der Waals surface area contributed by atoms with E-state index < -0.39 is 0 Å². The molecule has 0 saturated heterocycles. The Hall–Kier alpha value is -3.51. The van der Waals surface area contributed by atoms with Gasteiger partial charge in [0.25, 0.3) is 0 Å². The summed E-state index contributed by atoms with van der Waals surface area (Å²) < 4.78 is 0. The number of benzene rings is 3. The Morgan fingerprint density at radius 3 is 1.85 bits per heavy atom. The van der Waals surface area contributed by atoms with E-state index in [1.54, 1.807) is 0 Å². The summed E-state index contributed by atoms with van der Waals surface area (Å²) in [5.41, 5.74) is 4.20. The second-order valence-electron chi connectivity index (χ2n) is 8.95. The van der Waals surface area contributed by atoms with E-state index >= 15 is 0 Å². The van der Waals surface area contributed by atoms with Crippen molar-refractivity contribution >= 4 is 17.7 Å². The molecule has 0 radical (unpaired) electrons. The smallest absolute Gasteiger partial charge is 0.233 e. The normalized spacial score (nSPS) is 11.3. The number of carbonyl (C=O) groups excluding carboxylic acids is 1. The Balaban J connectivity index is 1.57. The lowest BCUT2D eigenvalue weighted by molar-refractivity contribution is -0.133. The molecule has 0 fully saturated rings. The van der Waals surface area contributed by atoms with Gasteiger partial charge in [-0.25, -0.2) is 4.98 Å². The third-order valence-corrected chi connectivity index (χ3v) is 6.20. The lowest BCUT2D eigenvalue weighted by Gasteiger charge is -2.36. The van der Waals surface area contributed by atoms with Crippen molar-refractivity contribution in [2.75, 3.05) is 5.75 Å². The van der Waals surface area contributed by atoms with E-state index in [-0.39, 0.29) is 17.2 Å². The van der Waals surface area contributed by atoms with E-state index in [9.17, 15) is 4.79 Å². The van der Waals surface area contributed by atoms with Crippen LogP contribution in [0.15, 0.2) is 96.2 Å². The topological polar surface area (TPSA) is 59.0 Å². The lowest BCUT2D eigenvalue weighted by Crippen LogP contribution is -2.45. The van der Waals surface area contributed by atoms with Crippen LogP contribution in [0, 0.1) is 0 Å². The summed E-state index contributed by atoms with van der Waals surface area (Å²) in [5, 5.41) is 9.34. The van der Waals surface area contributed by atoms with Crippen molar-refractivity contribution in [3.05, 3.63) is 96.6 Å². The first-order chi connectivity index (χ1) is 16.4. The van der Waals surface area contributed by atoms with Crippen LogP contribution in [0.25, 0.3) is 22.5 Å². The molecular formula is C28H28N4OS. The summed E-state index contributed by atoms with van der Waals surface area (Å²) >= 11 is 1.32. The van der Waals surface area contributed by atoms with E-state index in [1.807, 2.05) is 95.9 Å². The van der Waals surface area contributed by atoms with Gasteiger partial charge in [-0.15, -0.1) is 10.2 Å². The standard InChI is InChI=1S/C28H28N4OS/c1-28(2,3)32(19-21-13-7-4-8-14-21)24(33)20-34-27-29-25(22-15-9-5-10-16-22)26(30-31-27)23-17-11-6-12-18-23/h4-18H,19-20H2,1-3H3. The molecule has 0 N–H and O–H groups in total. The van der Waals surface area contributed by atoms with Crippen molar-refractivity contribution in [1.82, 2.24) is 20.1 Å². The zero-order chi connectivity index (χ0) is 24.0. The molecule has 0 spiro atoms. The summed E-state index contributed by atoms with van der Waals surface area (Å²) in [4.78, 5) is 20.0. The van der Waals surface area contributed by atoms with Gasteiger partial charge < -0.3 is 4.90 Å². The molecule has 0 aliphatic rings. The fourth-order valence-corrected chi connectivity index (χ4v) is 4.29. The highest BCUT2D eigenvalue weighted by atomic mass is 32.2. The third-order valence-electron chi connectivity index (χ3n) is 5.38. The Labute approximate surface area is 205 Å². The van der Waals surface area contributed by atoms with Crippen LogP contribution in [-0.2, 0) is 11.3 Å². The Kier molecular flexibility index (Phi) is 7.38. The second-order valence-corrected chi connectivity index (χ2v) is 9.89. The highest BCUT2D eigenvalue weighted by molar-refractivity contribution is 7.99. The zero-order valence-electron chi connectivity index (χ0n) is 19.7. The molecule has 0 atom stereocenters. The number of aromatic nitrogens is 3. The van der Waals surface area contributed by atoms with Gasteiger partial charge in [0.1, 0.15) is 11.4 Å². The Morgan fingerprint density at radius 1 is 0.765 bits per heavy atom. The SMILES string of the molecule is CC(C)(C)N(Cc1ccccc1)C(=O)CSc1nnc(-c2ccccc2)c(-c2ccccc2)n1. The molecule has 0 bridgehead atoms. The van der Waals surface area contributed by atoms with Crippen molar-refractivity contribution < 1.29 is 4.79 Å². The highest BCUT2D eigenvalue weighted by Crippen LogP contribution is 2.30. The van der Waals surface area contributed by atoms with Crippen molar-refractivity contribution in [2.24, 2.45) is 0 Å². The number of carbonyl (C=O) groups is 1. The Morgan fingerprint density at radius 2 is 1.29 bits per heavy atom. The monoisotopic (exact) mass is 468 g/mol. The van der Waals surface area contributed by atoms with Crippen molar-refractivity contribution in [1.29, 1.82) is 0 Å². The fraction of sp³-hybridized carbons (Fsp3) is 0.214. The first-order valence-corrected chi connectivity index (χ1v) is 12.2. The number of amides is 1. The van der Waals surface area contributed by atoms with E-state index in [0.717, 1.165) is 28.1 Å². The predicted octanol–water partition coefficient (Wildman–Crippen LogP) is 6.13. The van der Waals surface area contributed by atoms with E-state index in [0.29, 0.717) is 11.7 Å². The van der Waals surface area contributed by atoms with Gasteiger partial charge in [0, 0.05) is 23.2 Å². The van der Waals surface area contributed by atoms with Gasteiger partial charge in [-0.05, 0) is 26.3 Å². The average Bonchev–Trinajstić information content (AvgIpc) is 2.87. The van der Waals surface area contributed by atoms with Crippen LogP contribution >= 0.6 is 11.8 Å². The minimum Gasteiger partial charge on any atom is -0.333 e. The molecule has 1 amide bonds. The maximum absolute atomic E-state index is 13.2. The summed E-state index contributed by atoms with van der Waals surface area (Å²) in [7, 11) is 0. The van der Waals surface area contributed by atoms with Gasteiger partial charge in [0.2, 0.25) is 11.1 Å². The molecule has 1 heterocycles. The molecule has 3 aromatic carbocycles. The van der Waals surface area contributed by atoms with E-state index in [2.05, 4.69) is 31.0 Å².